The zero-order valence-electron chi connectivity index (χ0n) is 83.8. The molecular weight excluding hydrogens is 1960 g/mol. The maximum Gasteiger partial charge on any atom is 0.255 e. The van der Waals surface area contributed by atoms with Crippen LogP contribution in [0.4, 0.5) is 0 Å². The maximum absolute atomic E-state index is 13.8. The van der Waals surface area contributed by atoms with E-state index in [4.69, 9.17) is 0 Å². The van der Waals surface area contributed by atoms with Crippen LogP contribution in [0.15, 0.2) is 223 Å². The monoisotopic (exact) mass is 2080 g/mol. The molecule has 8 aliphatic heterocycles. The molecule has 34 heteroatoms. The van der Waals surface area contributed by atoms with Crippen LogP contribution in [0, 0.1) is 26.7 Å². The highest BCUT2D eigenvalue weighted by molar-refractivity contribution is 7.80. The fourth-order valence-corrected chi connectivity index (χ4v) is 24.8. The molecule has 4 aromatic heterocycles. The molecule has 12 heterocycles. The number of thiazole rings is 3. The van der Waals surface area contributed by atoms with Crippen LogP contribution < -0.4 is 0 Å². The minimum Gasteiger partial charge on any atom is -0.391 e. The minimum absolute atomic E-state index is 0.00363. The van der Waals surface area contributed by atoms with Crippen molar-refractivity contribution in [3.05, 3.63) is 307 Å². The van der Waals surface area contributed by atoms with Gasteiger partial charge in [-0.15, -0.1) is 34.0 Å². The molecule has 8 aromatic carbocycles. The molecule has 6 N–H and O–H groups in total. The van der Waals surface area contributed by atoms with Gasteiger partial charge in [-0.3, -0.25) is 62.6 Å². The lowest BCUT2D eigenvalue weighted by atomic mass is 9.98. The Kier molecular flexibility index (Phi) is 32.4. The van der Waals surface area contributed by atoms with Crippen LogP contribution in [-0.2, 0) is 90.2 Å². The summed E-state index contributed by atoms with van der Waals surface area (Å²) < 4.78 is 0. The second-order valence-electron chi connectivity index (χ2n) is 40.4. The van der Waals surface area contributed by atoms with Gasteiger partial charge in [0.05, 0.1) is 109 Å². The number of aliphatic hydroxyl groups excluding tert-OH is 5. The molecular formula is C115H121N13O17S4. The fourth-order valence-electron chi connectivity index (χ4n) is 22.0. The number of rotatable bonds is 31. The van der Waals surface area contributed by atoms with E-state index in [1.165, 1.54) is 31.4 Å². The summed E-state index contributed by atoms with van der Waals surface area (Å²) in [6.45, 7) is 12.9. The average Bonchev–Trinajstić information content (AvgIpc) is 1.56. The minimum atomic E-state index is -1.14. The van der Waals surface area contributed by atoms with E-state index in [2.05, 4.69) is 49.9 Å². The Morgan fingerprint density at radius 1 is 0.396 bits per heavy atom. The molecule has 5 fully saturated rings. The molecule has 4 saturated heterocycles. The van der Waals surface area contributed by atoms with E-state index in [9.17, 15) is 83.1 Å². The molecule has 772 valence electrons. The number of ketones is 4. The van der Waals surface area contributed by atoms with Gasteiger partial charge >= 0.3 is 0 Å². The number of β-amino-alcohol motifs (C(OH)–C–C–N with tert-alkyl or cyclic N) is 4. The Labute approximate surface area is 881 Å². The van der Waals surface area contributed by atoms with Crippen LogP contribution in [0.1, 0.15) is 188 Å². The van der Waals surface area contributed by atoms with Crippen molar-refractivity contribution in [2.75, 3.05) is 31.9 Å². The first-order valence-electron chi connectivity index (χ1n) is 50.8. The SMILES string of the molecule is CC(C)[C@@H](C(=O)N1C[C@H](O)C[C@H]1C(=O)CCc1ccc(-c2ccn[nH]2)cc1)N1Cc2ccccc2C1=O.Cc1ncsc1-c1ccc(CCC(=O)[C@@H]2C[C@@H](O)CN2C(=O)C2(N3Cc4ccccc4C3=O)CC2)cc1.Cc1ncsc1-c1ccc(CCC(=O)[C@@H]2C[C@@H](O)CN2C(=O)[C@H](CS)N2Cc3ccccc3C2=O)cc1.Cc1ncsc1-c1ccc(CCC(=O)[C@@H]2C[C@@H](O)CN2C(=O)[C@H]([C@H](C)O)N2Cc3ccccc3C2=O)cc1. The molecule has 30 nitrogen and oxygen atoms in total. The molecule has 9 aliphatic rings. The maximum atomic E-state index is 13.8. The van der Waals surface area contributed by atoms with Crippen LogP contribution in [0.25, 0.3) is 42.6 Å². The van der Waals surface area contributed by atoms with Crippen molar-refractivity contribution in [2.24, 2.45) is 5.92 Å². The van der Waals surface area contributed by atoms with Crippen molar-refractivity contribution in [1.82, 2.24) is 64.3 Å². The Hall–Kier alpha value is -13.6. The van der Waals surface area contributed by atoms with Gasteiger partial charge in [-0.25, -0.2) is 15.0 Å². The van der Waals surface area contributed by atoms with E-state index in [1.807, 2.05) is 203 Å². The predicted octanol–water partition coefficient (Wildman–Crippen LogP) is 13.5. The molecule has 21 rings (SSSR count). The summed E-state index contributed by atoms with van der Waals surface area (Å²) in [6, 6.07) is 58.0. The third kappa shape index (κ3) is 22.7. The van der Waals surface area contributed by atoms with E-state index < -0.39 is 84.3 Å². The molecule has 8 amide bonds. The number of likely N-dealkylation sites (tertiary alicyclic amines) is 4. The molecule has 149 heavy (non-hydrogen) atoms. The third-order valence-corrected chi connectivity index (χ3v) is 33.4. The Morgan fingerprint density at radius 2 is 0.711 bits per heavy atom. The van der Waals surface area contributed by atoms with Gasteiger partial charge < -0.3 is 64.7 Å². The quantitative estimate of drug-likeness (QED) is 0.0198. The molecule has 0 radical (unpaired) electrons. The molecule has 1 saturated carbocycles. The smallest absolute Gasteiger partial charge is 0.255 e. The number of fused-ring (bicyclic) bond motifs is 4. The van der Waals surface area contributed by atoms with E-state index >= 15 is 0 Å². The number of carbonyl (C=O) groups is 12. The van der Waals surface area contributed by atoms with Crippen LogP contribution in [0.3, 0.4) is 0 Å². The summed E-state index contributed by atoms with van der Waals surface area (Å²) in [6.07, 6.45) is 2.68. The molecule has 12 atom stereocenters. The van der Waals surface area contributed by atoms with Crippen molar-refractivity contribution in [1.29, 1.82) is 0 Å². The van der Waals surface area contributed by atoms with Gasteiger partial charge in [-0.1, -0.05) is 184 Å². The zero-order valence-corrected chi connectivity index (χ0v) is 87.1. The van der Waals surface area contributed by atoms with Crippen LogP contribution in [0.2, 0.25) is 0 Å². The number of nitrogens with one attached hydrogen (secondary N) is 1. The normalized spacial score (nSPS) is 20.5. The van der Waals surface area contributed by atoms with E-state index in [0.717, 1.165) is 104 Å². The molecule has 0 bridgehead atoms. The fraction of sp³-hybridized carbons (Fsp3) is 0.374. The number of Topliss-reactive ketones (excluding diaryl/α,β-unsaturated/α-hetero) is 4. The van der Waals surface area contributed by atoms with Gasteiger partial charge in [0, 0.05) is 138 Å². The van der Waals surface area contributed by atoms with Crippen LogP contribution in [-0.4, -0.2) is 271 Å². The lowest BCUT2D eigenvalue weighted by Gasteiger charge is -2.35. The Balaban J connectivity index is 0.000000130. The largest absolute Gasteiger partial charge is 0.391 e. The number of H-pyrrole nitrogens is 1. The number of hydrogen-bond acceptors (Lipinski definition) is 25. The third-order valence-electron chi connectivity index (χ3n) is 30.1. The number of hydrogen-bond donors (Lipinski definition) is 7. The van der Waals surface area contributed by atoms with Crippen molar-refractivity contribution in [2.45, 2.75) is 236 Å². The lowest BCUT2D eigenvalue weighted by molar-refractivity contribution is -0.144. The second kappa shape index (κ2) is 45.9. The van der Waals surface area contributed by atoms with Gasteiger partial charge in [0.2, 0.25) is 23.6 Å². The van der Waals surface area contributed by atoms with Crippen molar-refractivity contribution < 1.29 is 83.1 Å². The summed E-state index contributed by atoms with van der Waals surface area (Å²) in [4.78, 5) is 189. The van der Waals surface area contributed by atoms with Crippen molar-refractivity contribution in [3.63, 3.8) is 0 Å². The van der Waals surface area contributed by atoms with E-state index in [0.29, 0.717) is 86.8 Å². The molecule has 0 spiro atoms. The topological polar surface area (TPSA) is 399 Å². The number of aryl methyl sites for hydroxylation is 7. The number of aromatic amines is 1. The summed E-state index contributed by atoms with van der Waals surface area (Å²) >= 11 is 9.18. The summed E-state index contributed by atoms with van der Waals surface area (Å²) in [5.41, 5.74) is 22.8. The highest BCUT2D eigenvalue weighted by Gasteiger charge is 2.62. The van der Waals surface area contributed by atoms with Crippen LogP contribution >= 0.6 is 46.6 Å². The standard InChI is InChI=1S/C29H32N4O4.C29H31N3O5S.C29H29N3O4S.C28H29N3O4S2/c1-18(2)27(33-16-21-5-3-4-6-23(21)28(33)36)29(37)32-17-22(34)15-25(32)26(35)12-9-19-7-10-20(11-8-19)24-13-14-30-31-24;1-17-27(38-16-30-17)20-10-7-19(8-11-20)9-12-25(35)24-13-22(34)15-31(24)29(37)26(18(2)33)32-14-21-5-3-4-6-23(21)28(32)36;1-18-26(37-17-30-18)20-9-6-19(7-10-20)8-11-25(34)24-14-22(33)16-31(24)28(36)29(12-13-29)32-15-21-4-2-3-5-23(21)27(32)35;1-17-26(37-16-29-17)19-9-6-18(7-10-19)8-11-25(33)23-12-21(32)14-31(23)28(35)24(15-36)30-13-20-4-2-3-5-22(20)27(30)34/h3-8,10-11,13-14,18,22,25,27,34H,9,12,15-17H2,1-2H3,(H,30,31);3-8,10-11,16,18,22,24,26,33-34H,9,12-15H2,1-2H3;2-7,9-10,17,22,24,33H,8,11-16H2,1H3;2-7,9-10,16,21,23-24,32,36H,8,11-15H2,1H3/t22-,25+,27+;18-,22+,24-,26-;22-,24+;21-,23+,24+/m1011/s1. The summed E-state index contributed by atoms with van der Waals surface area (Å²) in [7, 11) is 0. The number of nitrogens with zero attached hydrogens (tertiary/aromatic N) is 12. The lowest BCUT2D eigenvalue weighted by Crippen LogP contribution is -2.56. The zero-order chi connectivity index (χ0) is 105. The van der Waals surface area contributed by atoms with Gasteiger partial charge in [-0.05, 0) is 169 Å². The van der Waals surface area contributed by atoms with Gasteiger partial charge in [0.1, 0.15) is 23.7 Å². The van der Waals surface area contributed by atoms with Gasteiger partial charge in [-0.2, -0.15) is 17.7 Å². The van der Waals surface area contributed by atoms with E-state index in [1.54, 1.807) is 91.3 Å². The predicted molar refractivity (Wildman–Crippen MR) is 568 cm³/mol. The summed E-state index contributed by atoms with van der Waals surface area (Å²) in [5.74, 6) is -2.48. The van der Waals surface area contributed by atoms with Gasteiger partial charge in [0.15, 0.2) is 23.1 Å². The molecule has 1 aliphatic carbocycles. The van der Waals surface area contributed by atoms with E-state index in [-0.39, 0.29) is 154 Å². The number of aromatic nitrogens is 5. The van der Waals surface area contributed by atoms with Gasteiger partial charge in [0.25, 0.3) is 23.6 Å². The number of amides is 8. The highest BCUT2D eigenvalue weighted by Crippen LogP contribution is 2.49. The molecule has 12 aromatic rings. The number of benzene rings is 8. The van der Waals surface area contributed by atoms with Crippen LogP contribution in [0.5, 0.6) is 0 Å². The summed E-state index contributed by atoms with van der Waals surface area (Å²) in [5, 5.41) is 59.0. The Bertz CT molecular complexity index is 6990. The number of thiol groups is 1. The highest BCUT2D eigenvalue weighted by atomic mass is 32.1. The Morgan fingerprint density at radius 3 is 1.03 bits per heavy atom. The van der Waals surface area contributed by atoms with Crippen molar-refractivity contribution >= 4 is 117 Å². The van der Waals surface area contributed by atoms with Crippen molar-refractivity contribution in [3.8, 4) is 42.6 Å². The first kappa shape index (κ1) is 105. The second-order valence-corrected chi connectivity index (χ2v) is 43.3. The molecule has 0 unspecified atom stereocenters. The number of carbonyl (C=O) groups excluding carboxylic acids is 12. The average molecular weight is 2090 g/mol. The number of aliphatic hydroxyl groups is 5. The first-order chi connectivity index (χ1) is 71.8. The first-order valence-corrected chi connectivity index (χ1v) is 54.1.